The number of nitrogens with zero attached hydrogens (tertiary/aromatic N) is 1. The molecule has 19 heavy (non-hydrogen) atoms. The molecule has 0 spiro atoms. The van der Waals surface area contributed by atoms with E-state index in [2.05, 4.69) is 42.6 Å². The van der Waals surface area contributed by atoms with Crippen molar-refractivity contribution in [2.45, 2.75) is 13.5 Å². The van der Waals surface area contributed by atoms with E-state index >= 15 is 0 Å². The zero-order chi connectivity index (χ0) is 13.4. The zero-order valence-corrected chi connectivity index (χ0v) is 10.7. The molecule has 3 rings (SSSR count). The number of nitrogens with one attached hydrogen (secondary N) is 1. The van der Waals surface area contributed by atoms with Gasteiger partial charge >= 0.3 is 6.03 Å². The molecule has 4 nitrogen and oxygen atoms in total. The van der Waals surface area contributed by atoms with E-state index in [1.807, 2.05) is 12.1 Å². The van der Waals surface area contributed by atoms with Crippen LogP contribution in [0.25, 0.3) is 11.1 Å². The number of hydrogen-bond donors (Lipinski definition) is 2. The first-order valence-electron chi connectivity index (χ1n) is 6.17. The van der Waals surface area contributed by atoms with Gasteiger partial charge in [-0.2, -0.15) is 0 Å². The number of amides is 2. The summed E-state index contributed by atoms with van der Waals surface area (Å²) < 4.78 is 0. The van der Waals surface area contributed by atoms with E-state index in [-0.39, 0.29) is 6.03 Å². The Bertz CT molecular complexity index is 634. The second-order valence-corrected chi connectivity index (χ2v) is 4.80. The first-order valence-corrected chi connectivity index (χ1v) is 6.17. The Morgan fingerprint density at radius 2 is 1.79 bits per heavy atom. The van der Waals surface area contributed by atoms with Crippen molar-refractivity contribution in [3.05, 3.63) is 53.6 Å². The molecule has 0 unspecified atom stereocenters. The van der Waals surface area contributed by atoms with Crippen LogP contribution in [-0.2, 0) is 6.54 Å². The van der Waals surface area contributed by atoms with Gasteiger partial charge in [-0.05, 0) is 35.7 Å². The van der Waals surface area contributed by atoms with Crippen LogP contribution >= 0.6 is 0 Å². The van der Waals surface area contributed by atoms with Gasteiger partial charge in [0.1, 0.15) is 0 Å². The minimum absolute atomic E-state index is 0.268. The van der Waals surface area contributed by atoms with Crippen molar-refractivity contribution in [3.63, 3.8) is 0 Å². The molecule has 2 amide bonds. The van der Waals surface area contributed by atoms with Crippen molar-refractivity contribution in [1.29, 1.82) is 0 Å². The molecule has 1 aliphatic rings. The van der Waals surface area contributed by atoms with Crippen LogP contribution < -0.4 is 11.2 Å². The first-order chi connectivity index (χ1) is 9.13. The predicted octanol–water partition coefficient (Wildman–Crippen LogP) is 2.88. The fourth-order valence-electron chi connectivity index (χ4n) is 2.21. The lowest BCUT2D eigenvalue weighted by molar-refractivity contribution is 0.208. The molecule has 0 saturated carbocycles. The molecule has 4 heteroatoms. The van der Waals surface area contributed by atoms with Gasteiger partial charge in [-0.15, -0.1) is 0 Å². The molecular formula is C15H15N3O. The number of carbonyl (C=O) groups is 1. The largest absolute Gasteiger partial charge is 0.336 e. The van der Waals surface area contributed by atoms with Crippen molar-refractivity contribution >= 4 is 11.7 Å². The molecular weight excluding hydrogens is 238 g/mol. The Morgan fingerprint density at radius 3 is 2.53 bits per heavy atom. The summed E-state index contributed by atoms with van der Waals surface area (Å²) in [5.74, 6) is 5.62. The normalized spacial score (nSPS) is 14.0. The summed E-state index contributed by atoms with van der Waals surface area (Å²) in [7, 11) is 0. The number of hydrogen-bond acceptors (Lipinski definition) is 2. The Labute approximate surface area is 111 Å². The summed E-state index contributed by atoms with van der Waals surface area (Å²) in [4.78, 5) is 11.4. The summed E-state index contributed by atoms with van der Waals surface area (Å²) in [6.45, 7) is 2.50. The third-order valence-corrected chi connectivity index (χ3v) is 3.33. The zero-order valence-electron chi connectivity index (χ0n) is 10.7. The minimum Gasteiger partial charge on any atom is -0.306 e. The number of aryl methyl sites for hydroxylation is 1. The topological polar surface area (TPSA) is 58.4 Å². The van der Waals surface area contributed by atoms with Crippen LogP contribution in [0.2, 0.25) is 0 Å². The maximum absolute atomic E-state index is 11.4. The fraction of sp³-hybridized carbons (Fsp3) is 0.133. The Hall–Kier alpha value is -2.33. The molecule has 0 aliphatic carbocycles. The van der Waals surface area contributed by atoms with Gasteiger partial charge in [0.15, 0.2) is 0 Å². The molecule has 0 bridgehead atoms. The van der Waals surface area contributed by atoms with Gasteiger partial charge in [0.05, 0.1) is 6.54 Å². The Morgan fingerprint density at radius 1 is 1.11 bits per heavy atom. The van der Waals surface area contributed by atoms with Crippen LogP contribution in [0.3, 0.4) is 0 Å². The smallest absolute Gasteiger partial charge is 0.306 e. The fourth-order valence-corrected chi connectivity index (χ4v) is 2.21. The summed E-state index contributed by atoms with van der Waals surface area (Å²) >= 11 is 0. The van der Waals surface area contributed by atoms with E-state index in [0.29, 0.717) is 6.54 Å². The number of hydrazine groups is 1. The summed E-state index contributed by atoms with van der Waals surface area (Å²) in [6, 6.07) is 14.1. The first kappa shape index (κ1) is 11.7. The number of urea groups is 1. The van der Waals surface area contributed by atoms with Gasteiger partial charge in [0.2, 0.25) is 0 Å². The second kappa shape index (κ2) is 4.40. The van der Waals surface area contributed by atoms with E-state index in [9.17, 15) is 4.79 Å². The molecule has 1 heterocycles. The SMILES string of the molecule is Cc1ccc(-c2ccc3c(c2)CN(N)C(=O)N3)cc1. The average Bonchev–Trinajstić information content (AvgIpc) is 2.40. The molecule has 0 radical (unpaired) electrons. The maximum atomic E-state index is 11.4. The minimum atomic E-state index is -0.268. The van der Waals surface area contributed by atoms with Crippen molar-refractivity contribution in [1.82, 2.24) is 5.01 Å². The highest BCUT2D eigenvalue weighted by atomic mass is 16.2. The molecule has 96 valence electrons. The quantitative estimate of drug-likeness (QED) is 0.606. The van der Waals surface area contributed by atoms with Crippen LogP contribution in [0.15, 0.2) is 42.5 Å². The molecule has 0 atom stereocenters. The van der Waals surface area contributed by atoms with Crippen LogP contribution in [-0.4, -0.2) is 11.0 Å². The number of rotatable bonds is 1. The van der Waals surface area contributed by atoms with Gasteiger partial charge in [-0.3, -0.25) is 5.01 Å². The number of fused-ring (bicyclic) bond motifs is 1. The monoisotopic (exact) mass is 253 g/mol. The van der Waals surface area contributed by atoms with Crippen molar-refractivity contribution in [2.75, 3.05) is 5.32 Å². The second-order valence-electron chi connectivity index (χ2n) is 4.80. The van der Waals surface area contributed by atoms with E-state index in [4.69, 9.17) is 5.84 Å². The third kappa shape index (κ3) is 2.18. The van der Waals surface area contributed by atoms with E-state index in [1.54, 1.807) is 0 Å². The molecule has 3 N–H and O–H groups in total. The van der Waals surface area contributed by atoms with Gasteiger partial charge < -0.3 is 5.32 Å². The standard InChI is InChI=1S/C15H15N3O/c1-10-2-4-11(5-3-10)12-6-7-14-13(8-12)9-18(16)15(19)17-14/h2-8H,9,16H2,1H3,(H,17,19). The van der Waals surface area contributed by atoms with Crippen LogP contribution in [0, 0.1) is 6.92 Å². The van der Waals surface area contributed by atoms with E-state index < -0.39 is 0 Å². The van der Waals surface area contributed by atoms with Gasteiger partial charge in [-0.25, -0.2) is 10.6 Å². The molecule has 2 aromatic rings. The number of anilines is 1. The van der Waals surface area contributed by atoms with Crippen LogP contribution in [0.4, 0.5) is 10.5 Å². The Kier molecular flexibility index (Phi) is 2.72. The highest BCUT2D eigenvalue weighted by Crippen LogP contribution is 2.28. The third-order valence-electron chi connectivity index (χ3n) is 3.33. The number of nitrogens with two attached hydrogens (primary N) is 1. The molecule has 2 aromatic carbocycles. The summed E-state index contributed by atoms with van der Waals surface area (Å²) in [6.07, 6.45) is 0. The molecule has 0 saturated heterocycles. The average molecular weight is 253 g/mol. The molecule has 1 aliphatic heterocycles. The predicted molar refractivity (Wildman–Crippen MR) is 75.4 cm³/mol. The summed E-state index contributed by atoms with van der Waals surface area (Å²) in [5, 5.41) is 3.94. The summed E-state index contributed by atoms with van der Waals surface area (Å²) in [5.41, 5.74) is 5.39. The van der Waals surface area contributed by atoms with Crippen LogP contribution in [0.1, 0.15) is 11.1 Å². The van der Waals surface area contributed by atoms with E-state index in [0.717, 1.165) is 22.4 Å². The molecule has 0 aromatic heterocycles. The lowest BCUT2D eigenvalue weighted by Gasteiger charge is -2.25. The van der Waals surface area contributed by atoms with Crippen molar-refractivity contribution < 1.29 is 4.79 Å². The lowest BCUT2D eigenvalue weighted by atomic mass is 10.00. The number of carbonyl (C=O) groups excluding carboxylic acids is 1. The van der Waals surface area contributed by atoms with Gasteiger partial charge in [0, 0.05) is 5.69 Å². The Balaban J connectivity index is 2.00. The van der Waals surface area contributed by atoms with Gasteiger partial charge in [0.25, 0.3) is 0 Å². The highest BCUT2D eigenvalue weighted by Gasteiger charge is 2.19. The highest BCUT2D eigenvalue weighted by molar-refractivity contribution is 5.92. The number of benzene rings is 2. The van der Waals surface area contributed by atoms with Crippen LogP contribution in [0.5, 0.6) is 0 Å². The van der Waals surface area contributed by atoms with Crippen molar-refractivity contribution in [2.24, 2.45) is 5.84 Å². The lowest BCUT2D eigenvalue weighted by Crippen LogP contribution is -2.43. The van der Waals surface area contributed by atoms with E-state index in [1.165, 1.54) is 10.6 Å². The van der Waals surface area contributed by atoms with Gasteiger partial charge in [-0.1, -0.05) is 35.9 Å². The maximum Gasteiger partial charge on any atom is 0.336 e. The molecule has 0 fully saturated rings. The van der Waals surface area contributed by atoms with Crippen molar-refractivity contribution in [3.8, 4) is 11.1 Å².